The molecule has 10 atom stereocenters. The van der Waals surface area contributed by atoms with Crippen molar-refractivity contribution in [1.29, 1.82) is 0 Å². The van der Waals surface area contributed by atoms with Gasteiger partial charge in [0.2, 0.25) is 5.95 Å². The fraction of sp³-hybridized carbons (Fsp3) is 0.526. The second kappa shape index (κ2) is 10.7. The normalized spacial score (nSPS) is 38.0. The first-order valence-electron chi connectivity index (χ1n) is 12.6. The second-order valence-electron chi connectivity index (χ2n) is 9.94. The van der Waals surface area contributed by atoms with E-state index in [1.54, 1.807) is 0 Å². The monoisotopic (exact) mass is 695 g/mol. The van der Waals surface area contributed by atoms with Crippen molar-refractivity contribution in [3.8, 4) is 0 Å². The third-order valence-electron chi connectivity index (χ3n) is 7.27. The molecule has 4 aromatic rings. The molecule has 0 spiro atoms. The Morgan fingerprint density at radius 2 is 1.75 bits per heavy atom. The Bertz CT molecular complexity index is 1930. The number of aromatic nitrogens is 9. The van der Waals surface area contributed by atoms with Gasteiger partial charge in [0.25, 0.3) is 5.56 Å². The molecule has 2 bridgehead atoms. The number of hydrogen-bond acceptors (Lipinski definition) is 16. The van der Waals surface area contributed by atoms with Crippen molar-refractivity contribution >= 4 is 70.9 Å². The largest absolute Gasteiger partial charge is 0.382 e. The van der Waals surface area contributed by atoms with Gasteiger partial charge in [-0.1, -0.05) is 5.21 Å². The predicted octanol–water partition coefficient (Wildman–Crippen LogP) is -0.691. The van der Waals surface area contributed by atoms with Crippen LogP contribution in [0.1, 0.15) is 12.5 Å². The summed E-state index contributed by atoms with van der Waals surface area (Å²) in [6.07, 6.45) is -9.32. The number of halogens is 2. The first-order chi connectivity index (χ1) is 20.8. The van der Waals surface area contributed by atoms with Crippen LogP contribution in [0.3, 0.4) is 0 Å². The van der Waals surface area contributed by atoms with Crippen LogP contribution in [0.15, 0.2) is 17.4 Å². The van der Waals surface area contributed by atoms with Gasteiger partial charge in [0.1, 0.15) is 36.5 Å². The highest BCUT2D eigenvalue weighted by atomic mass is 32.5. The van der Waals surface area contributed by atoms with Crippen LogP contribution in [-0.4, -0.2) is 104 Å². The van der Waals surface area contributed by atoms with E-state index in [1.165, 1.54) is 4.57 Å². The number of nitrogens with one attached hydrogen (secondary N) is 1. The van der Waals surface area contributed by atoms with Crippen LogP contribution in [0, 0.1) is 0 Å². The second-order valence-corrected chi connectivity index (χ2v) is 16.3. The molecule has 7 rings (SSSR count). The molecule has 19 nitrogen and oxygen atoms in total. The summed E-state index contributed by atoms with van der Waals surface area (Å²) in [6, 6.07) is 0. The van der Waals surface area contributed by atoms with Gasteiger partial charge in [-0.25, -0.2) is 23.7 Å². The minimum atomic E-state index is -4.28. The third kappa shape index (κ3) is 4.92. The van der Waals surface area contributed by atoms with Crippen LogP contribution in [0.2, 0.25) is 0 Å². The Morgan fingerprint density at radius 3 is 2.55 bits per heavy atom. The van der Waals surface area contributed by atoms with Gasteiger partial charge in [-0.2, -0.15) is 9.67 Å². The van der Waals surface area contributed by atoms with E-state index >= 15 is 8.78 Å². The summed E-state index contributed by atoms with van der Waals surface area (Å²) in [5.41, 5.74) is 9.13. The molecule has 44 heavy (non-hydrogen) atoms. The molecular formula is C19H21F2N11O8P2S2. The molecule has 0 saturated carbocycles. The van der Waals surface area contributed by atoms with E-state index in [4.69, 9.17) is 58.1 Å². The van der Waals surface area contributed by atoms with Crippen molar-refractivity contribution in [2.75, 3.05) is 24.7 Å². The fourth-order valence-corrected chi connectivity index (χ4v) is 9.17. The van der Waals surface area contributed by atoms with Gasteiger partial charge >= 0.3 is 6.72 Å². The highest BCUT2D eigenvalue weighted by molar-refractivity contribution is 8.09. The number of anilines is 2. The number of fused-ring (bicyclic) bond motifs is 5. The molecule has 3 saturated heterocycles. The van der Waals surface area contributed by atoms with Crippen molar-refractivity contribution in [3.05, 3.63) is 23.0 Å². The number of rotatable bonds is 2. The summed E-state index contributed by atoms with van der Waals surface area (Å²) in [5, 5.41) is 7.74. The number of imidazole rings is 1. The maximum absolute atomic E-state index is 16.0. The molecule has 236 valence electrons. The molecule has 0 radical (unpaired) electrons. The lowest BCUT2D eigenvalue weighted by molar-refractivity contribution is -0.0472. The molecule has 0 aromatic carbocycles. The van der Waals surface area contributed by atoms with Crippen LogP contribution in [0.5, 0.6) is 0 Å². The minimum Gasteiger partial charge on any atom is -0.382 e. The quantitative estimate of drug-likeness (QED) is 0.163. The van der Waals surface area contributed by atoms with Crippen molar-refractivity contribution in [1.82, 2.24) is 44.5 Å². The number of nitrogen functional groups attached to an aromatic ring is 2. The van der Waals surface area contributed by atoms with Gasteiger partial charge in [0, 0.05) is 0 Å². The van der Waals surface area contributed by atoms with Crippen LogP contribution in [0.25, 0.3) is 22.3 Å². The Labute approximate surface area is 253 Å². The van der Waals surface area contributed by atoms with Crippen LogP contribution in [0.4, 0.5) is 20.5 Å². The Balaban J connectivity index is 1.25. The summed E-state index contributed by atoms with van der Waals surface area (Å²) in [6.45, 7) is -9.83. The van der Waals surface area contributed by atoms with E-state index in [0.717, 1.165) is 17.3 Å². The maximum Gasteiger partial charge on any atom is 0.325 e. The zero-order valence-electron chi connectivity index (χ0n) is 21.7. The third-order valence-corrected chi connectivity index (χ3v) is 11.7. The van der Waals surface area contributed by atoms with E-state index < -0.39 is 80.8 Å². The summed E-state index contributed by atoms with van der Waals surface area (Å²) in [7, 11) is 0. The van der Waals surface area contributed by atoms with E-state index in [1.807, 2.05) is 0 Å². The van der Waals surface area contributed by atoms with Crippen LogP contribution >= 0.6 is 13.2 Å². The first-order valence-corrected chi connectivity index (χ1v) is 17.9. The highest BCUT2D eigenvalue weighted by Gasteiger charge is 2.56. The van der Waals surface area contributed by atoms with Gasteiger partial charge in [0.05, 0.1) is 19.5 Å². The molecule has 0 aliphatic carbocycles. The fourth-order valence-electron chi connectivity index (χ4n) is 5.27. The predicted molar refractivity (Wildman–Crippen MR) is 151 cm³/mol. The average molecular weight is 696 g/mol. The smallest absolute Gasteiger partial charge is 0.325 e. The number of ether oxygens (including phenoxy) is 2. The zero-order valence-corrected chi connectivity index (χ0v) is 25.2. The lowest BCUT2D eigenvalue weighted by Crippen LogP contribution is -2.36. The standard InChI is InChI=1S/C19H21F2N11O8P2S2/c20-7-5-1-37-42(35,44)40-11-6(39-17(8(11)21)32-14-9(29-30-32)13(22)24-3-25-14)2-36-41(34,43)12(7)18(38-5)31-4-26-10-15(31)27-19(23)28-16(10)33/h3-8,11-12,17-18H,1-2H2,(H,34,43)(H,35,44)(H2,22,24,25)(H3,23,27,28,33)/t5-,6-,7-,8+,11-,12-,17-,18-,41?,42?/m1/s1. The summed E-state index contributed by atoms with van der Waals surface area (Å²) < 4.78 is 62.5. The number of nitrogens with two attached hydrogens (primary N) is 2. The van der Waals surface area contributed by atoms with E-state index in [0.29, 0.717) is 0 Å². The van der Waals surface area contributed by atoms with Crippen molar-refractivity contribution in [2.24, 2.45) is 0 Å². The number of H-pyrrole nitrogens is 1. The molecule has 7 N–H and O–H groups in total. The van der Waals surface area contributed by atoms with Gasteiger partial charge < -0.3 is 39.8 Å². The lowest BCUT2D eigenvalue weighted by Gasteiger charge is -2.30. The van der Waals surface area contributed by atoms with E-state index in [-0.39, 0.29) is 34.1 Å². The molecule has 2 unspecified atom stereocenters. The SMILES string of the molecule is Nc1nc2c(ncn2[C@@H]2O[C@@H]3COP(O)(=S)O[C@H]4[C@H](F)[C@H](n5nnc6c(N)ncnc65)O[C@@H]4COP(O)(=S)[C@@H]2[C@@H]3F)c(=O)[nH]1. The number of hydrogen-bond donors (Lipinski definition) is 5. The lowest BCUT2D eigenvalue weighted by atomic mass is 10.1. The number of aromatic amines is 1. The topological polar surface area (TPSA) is 259 Å². The molecule has 7 heterocycles. The van der Waals surface area contributed by atoms with Crippen molar-refractivity contribution in [2.45, 2.75) is 48.8 Å². The minimum absolute atomic E-state index is 0.0123. The van der Waals surface area contributed by atoms with Crippen molar-refractivity contribution < 1.29 is 41.6 Å². The Kier molecular flexibility index (Phi) is 7.29. The molecule has 0 amide bonds. The van der Waals surface area contributed by atoms with Gasteiger partial charge in [0.15, 0.2) is 53.3 Å². The van der Waals surface area contributed by atoms with Crippen LogP contribution in [-0.2, 0) is 46.7 Å². The highest BCUT2D eigenvalue weighted by Crippen LogP contribution is 2.60. The summed E-state index contributed by atoms with van der Waals surface area (Å²) in [4.78, 5) is 52.8. The molecule has 3 aliphatic rings. The molecule has 25 heteroatoms. The average Bonchev–Trinajstić information content (AvgIpc) is 3.71. The molecule has 4 aromatic heterocycles. The van der Waals surface area contributed by atoms with Crippen molar-refractivity contribution in [3.63, 3.8) is 0 Å². The first kappa shape index (κ1) is 30.0. The Morgan fingerprint density at radius 1 is 1.00 bits per heavy atom. The molecular weight excluding hydrogens is 674 g/mol. The van der Waals surface area contributed by atoms with Gasteiger partial charge in [-0.3, -0.25) is 18.9 Å². The Hall–Kier alpha value is -2.69. The number of nitrogens with zero attached hydrogens (tertiary/aromatic N) is 8. The molecule has 3 aliphatic heterocycles. The van der Waals surface area contributed by atoms with Gasteiger partial charge in [-0.05, 0) is 23.6 Å². The van der Waals surface area contributed by atoms with E-state index in [2.05, 4.69) is 35.2 Å². The maximum atomic E-state index is 16.0. The van der Waals surface area contributed by atoms with Crippen LogP contribution < -0.4 is 17.0 Å². The summed E-state index contributed by atoms with van der Waals surface area (Å²) in [5.74, 6) is -0.269. The zero-order chi connectivity index (χ0) is 31.1. The molecule has 3 fully saturated rings. The number of alkyl halides is 2. The summed E-state index contributed by atoms with van der Waals surface area (Å²) >= 11 is 10.5. The van der Waals surface area contributed by atoms with E-state index in [9.17, 15) is 14.6 Å². The van der Waals surface area contributed by atoms with Gasteiger partial charge in [-0.15, -0.1) is 5.10 Å².